The van der Waals surface area contributed by atoms with Crippen LogP contribution in [0.25, 0.3) is 22.6 Å². The summed E-state index contributed by atoms with van der Waals surface area (Å²) in [6, 6.07) is 3.87. The van der Waals surface area contributed by atoms with Gasteiger partial charge in [0.05, 0.1) is 49.2 Å². The number of likely N-dealkylation sites (tertiary alicyclic amines) is 1. The number of imidazole rings is 1. The molecule has 0 unspecified atom stereocenters. The second kappa shape index (κ2) is 9.57. The van der Waals surface area contributed by atoms with Crippen molar-refractivity contribution < 1.29 is 27.8 Å². The molecule has 2 atom stereocenters. The monoisotopic (exact) mass is 561 g/mol. The van der Waals surface area contributed by atoms with Gasteiger partial charge in [-0.25, -0.2) is 4.98 Å². The van der Waals surface area contributed by atoms with Crippen molar-refractivity contribution in [3.63, 3.8) is 0 Å². The molecular weight excluding hydrogens is 527 g/mol. The minimum absolute atomic E-state index is 0.160. The summed E-state index contributed by atoms with van der Waals surface area (Å²) in [6.45, 7) is 8.23. The smallest absolute Gasteiger partial charge is 0.391 e. The van der Waals surface area contributed by atoms with Crippen LogP contribution in [0, 0.1) is 0 Å². The zero-order valence-electron chi connectivity index (χ0n) is 23.5. The molecule has 0 saturated carbocycles. The number of aryl methyl sites for hydroxylation is 2. The van der Waals surface area contributed by atoms with E-state index >= 15 is 0 Å². The van der Waals surface area contributed by atoms with Crippen molar-refractivity contribution >= 4 is 5.91 Å². The van der Waals surface area contributed by atoms with Crippen LogP contribution < -0.4 is 4.74 Å². The lowest BCUT2D eigenvalue weighted by Gasteiger charge is -2.39. The highest BCUT2D eigenvalue weighted by molar-refractivity contribution is 5.94. The quantitative estimate of drug-likeness (QED) is 0.503. The first-order valence-corrected chi connectivity index (χ1v) is 13.3. The van der Waals surface area contributed by atoms with Crippen LogP contribution >= 0.6 is 0 Å². The number of nitrogens with zero attached hydrogens (tertiary/aromatic N) is 7. The average molecular weight is 562 g/mol. The summed E-state index contributed by atoms with van der Waals surface area (Å²) >= 11 is 0. The zero-order chi connectivity index (χ0) is 29.2. The fraction of sp³-hybridized carbons (Fsp3) is 0.593. The van der Waals surface area contributed by atoms with E-state index in [0.717, 1.165) is 16.8 Å². The van der Waals surface area contributed by atoms with Crippen LogP contribution in [0.5, 0.6) is 5.75 Å². The molecule has 40 heavy (non-hydrogen) atoms. The predicted molar refractivity (Wildman–Crippen MR) is 140 cm³/mol. The number of alkyl halides is 3. The molecule has 1 fully saturated rings. The molecule has 1 amide bonds. The molecule has 2 aliphatic heterocycles. The van der Waals surface area contributed by atoms with E-state index in [2.05, 4.69) is 15.4 Å². The summed E-state index contributed by atoms with van der Waals surface area (Å²) in [7, 11) is 3.25. The third-order valence-electron chi connectivity index (χ3n) is 7.97. The number of aromatic nitrogens is 6. The van der Waals surface area contributed by atoms with Gasteiger partial charge in [0, 0.05) is 24.1 Å². The van der Waals surface area contributed by atoms with E-state index < -0.39 is 35.6 Å². The third-order valence-corrected chi connectivity index (χ3v) is 7.97. The van der Waals surface area contributed by atoms with Crippen LogP contribution in [0.15, 0.2) is 12.1 Å². The number of tetrazole rings is 1. The number of ether oxygens (including phenoxy) is 1. The molecule has 2 aliphatic rings. The van der Waals surface area contributed by atoms with Crippen molar-refractivity contribution in [2.24, 2.45) is 7.05 Å². The summed E-state index contributed by atoms with van der Waals surface area (Å²) in [5.41, 5.74) is 2.14. The van der Waals surface area contributed by atoms with Crippen LogP contribution in [-0.2, 0) is 25.4 Å². The van der Waals surface area contributed by atoms with Gasteiger partial charge in [0.1, 0.15) is 5.75 Å². The number of aliphatic hydroxyl groups excluding tert-OH is 1. The number of hydrogen-bond donors (Lipinski definition) is 1. The Bertz CT molecular complexity index is 1460. The number of fused-ring (bicyclic) bond motifs is 3. The van der Waals surface area contributed by atoms with E-state index in [1.165, 1.54) is 16.6 Å². The molecule has 1 N–H and O–H groups in total. The van der Waals surface area contributed by atoms with E-state index in [4.69, 9.17) is 9.72 Å². The average Bonchev–Trinajstić information content (AvgIpc) is 3.58. The highest BCUT2D eigenvalue weighted by Gasteiger charge is 2.50. The van der Waals surface area contributed by atoms with E-state index in [-0.39, 0.29) is 18.8 Å². The molecule has 216 valence electrons. The second-order valence-corrected chi connectivity index (χ2v) is 11.8. The van der Waals surface area contributed by atoms with Crippen LogP contribution in [0.3, 0.4) is 0 Å². The molecule has 0 aliphatic carbocycles. The molecular formula is C27H34F3N7O3. The maximum absolute atomic E-state index is 14.0. The highest BCUT2D eigenvalue weighted by Crippen LogP contribution is 2.44. The van der Waals surface area contributed by atoms with Crippen molar-refractivity contribution in [3.8, 4) is 28.4 Å². The van der Waals surface area contributed by atoms with Gasteiger partial charge >= 0.3 is 6.18 Å². The summed E-state index contributed by atoms with van der Waals surface area (Å²) < 4.78 is 47.1. The fourth-order valence-corrected chi connectivity index (χ4v) is 5.87. The predicted octanol–water partition coefficient (Wildman–Crippen LogP) is 3.91. The van der Waals surface area contributed by atoms with Crippen LogP contribution in [0.1, 0.15) is 68.8 Å². The number of aliphatic hydroxyl groups is 1. The Hall–Kier alpha value is -3.48. The normalized spacial score (nSPS) is 19.9. The van der Waals surface area contributed by atoms with Gasteiger partial charge in [0.15, 0.2) is 5.82 Å². The standard InChI is InChI=1S/C27H34F3N7O3/c1-25(2,3)21-20-16-13-17(22-32-34-35(5)33-22)18(40-6)12-15(16)8-11-36(20)23(31-21)24(39)37-10-7-9-26(37,4)19(38)14-27(28,29)30/h12-13,19,38H,7-11,14H2,1-6H3/t19-,26-/m0/s1. The first-order valence-electron chi connectivity index (χ1n) is 13.3. The van der Waals surface area contributed by atoms with Gasteiger partial charge < -0.3 is 19.3 Å². The molecule has 10 nitrogen and oxygen atoms in total. The van der Waals surface area contributed by atoms with Gasteiger partial charge in [-0.3, -0.25) is 4.79 Å². The lowest BCUT2D eigenvalue weighted by atomic mass is 9.85. The van der Waals surface area contributed by atoms with Crippen LogP contribution in [-0.4, -0.2) is 77.1 Å². The van der Waals surface area contributed by atoms with E-state index in [1.54, 1.807) is 14.2 Å². The van der Waals surface area contributed by atoms with Crippen LogP contribution in [0.4, 0.5) is 13.2 Å². The van der Waals surface area contributed by atoms with Gasteiger partial charge in [0.25, 0.3) is 5.91 Å². The lowest BCUT2D eigenvalue weighted by Crippen LogP contribution is -2.54. The van der Waals surface area contributed by atoms with Crippen LogP contribution in [0.2, 0.25) is 0 Å². The van der Waals surface area contributed by atoms with Gasteiger partial charge in [-0.05, 0) is 49.1 Å². The minimum Gasteiger partial charge on any atom is -0.496 e. The molecule has 13 heteroatoms. The van der Waals surface area contributed by atoms with Gasteiger partial charge in [0.2, 0.25) is 5.82 Å². The third kappa shape index (κ3) is 4.73. The SMILES string of the molecule is COc1cc2c(cc1-c1nnn(C)n1)-c1c(C(C)(C)C)nc(C(=O)N3CCC[C@@]3(C)[C@@H](O)CC(F)(F)F)n1CC2. The molecule has 5 rings (SSSR count). The summed E-state index contributed by atoms with van der Waals surface area (Å²) in [4.78, 5) is 21.6. The number of halogens is 3. The van der Waals surface area contributed by atoms with E-state index in [1.807, 2.05) is 37.5 Å². The fourth-order valence-electron chi connectivity index (χ4n) is 5.87. The van der Waals surface area contributed by atoms with Gasteiger partial charge in [-0.1, -0.05) is 20.8 Å². The maximum Gasteiger partial charge on any atom is 0.391 e. The molecule has 4 heterocycles. The first-order chi connectivity index (χ1) is 18.6. The van der Waals surface area contributed by atoms with Gasteiger partial charge in [-0.15, -0.1) is 10.2 Å². The molecule has 1 aromatic carbocycles. The summed E-state index contributed by atoms with van der Waals surface area (Å²) in [5.74, 6) is 0.664. The Morgan fingerprint density at radius 1 is 1.20 bits per heavy atom. The maximum atomic E-state index is 14.0. The van der Waals surface area contributed by atoms with Crippen molar-refractivity contribution in [1.29, 1.82) is 0 Å². The number of hydrogen-bond acceptors (Lipinski definition) is 7. The molecule has 3 aromatic rings. The highest BCUT2D eigenvalue weighted by atomic mass is 19.4. The summed E-state index contributed by atoms with van der Waals surface area (Å²) in [5, 5.41) is 23.1. The second-order valence-electron chi connectivity index (χ2n) is 11.8. The number of rotatable bonds is 5. The van der Waals surface area contributed by atoms with E-state index in [9.17, 15) is 23.1 Å². The van der Waals surface area contributed by atoms with Crippen molar-refractivity contribution in [2.45, 2.75) is 83.2 Å². The van der Waals surface area contributed by atoms with Crippen molar-refractivity contribution in [3.05, 3.63) is 29.2 Å². The molecule has 2 aromatic heterocycles. The van der Waals surface area contributed by atoms with Gasteiger partial charge in [-0.2, -0.15) is 18.0 Å². The minimum atomic E-state index is -4.55. The Balaban J connectivity index is 1.64. The molecule has 0 bridgehead atoms. The Kier molecular flexibility index (Phi) is 6.71. The number of amides is 1. The number of carbonyl (C=O) groups excluding carboxylic acids is 1. The molecule has 0 radical (unpaired) electrons. The van der Waals surface area contributed by atoms with Crippen molar-refractivity contribution in [2.75, 3.05) is 13.7 Å². The number of benzene rings is 1. The topological polar surface area (TPSA) is 111 Å². The molecule has 1 saturated heterocycles. The number of carbonyl (C=O) groups is 1. The lowest BCUT2D eigenvalue weighted by molar-refractivity contribution is -0.166. The first kappa shape index (κ1) is 28.1. The van der Waals surface area contributed by atoms with E-state index in [0.29, 0.717) is 42.2 Å². The largest absolute Gasteiger partial charge is 0.496 e. The Morgan fingerprint density at radius 2 is 1.93 bits per heavy atom. The Morgan fingerprint density at radius 3 is 2.52 bits per heavy atom. The number of methoxy groups -OCH3 is 1. The molecule has 0 spiro atoms. The Labute approximate surface area is 230 Å². The van der Waals surface area contributed by atoms with Crippen molar-refractivity contribution in [1.82, 2.24) is 34.7 Å². The zero-order valence-corrected chi connectivity index (χ0v) is 23.5. The summed E-state index contributed by atoms with van der Waals surface area (Å²) in [6.07, 6.45) is -6.32.